The molecule has 0 aliphatic carbocycles. The molecule has 0 aliphatic rings. The Bertz CT molecular complexity index is 608. The van der Waals surface area contributed by atoms with E-state index in [0.717, 1.165) is 5.56 Å². The van der Waals surface area contributed by atoms with E-state index in [2.05, 4.69) is 4.98 Å². The van der Waals surface area contributed by atoms with E-state index in [9.17, 15) is 9.18 Å². The first-order valence-electron chi connectivity index (χ1n) is 5.59. The van der Waals surface area contributed by atoms with Gasteiger partial charge in [0.25, 0.3) is 0 Å². The van der Waals surface area contributed by atoms with Crippen LogP contribution in [0.2, 0.25) is 0 Å². The molecule has 0 saturated carbocycles. The van der Waals surface area contributed by atoms with E-state index < -0.39 is 5.97 Å². The molecule has 0 aliphatic heterocycles. The van der Waals surface area contributed by atoms with Crippen LogP contribution in [0.5, 0.6) is 0 Å². The van der Waals surface area contributed by atoms with Crippen molar-refractivity contribution in [2.45, 2.75) is 6.92 Å². The van der Waals surface area contributed by atoms with Crippen molar-refractivity contribution in [2.24, 2.45) is 0 Å². The van der Waals surface area contributed by atoms with Crippen LogP contribution in [-0.4, -0.2) is 17.6 Å². The van der Waals surface area contributed by atoms with Crippen LogP contribution in [0.15, 0.2) is 36.7 Å². The summed E-state index contributed by atoms with van der Waals surface area (Å²) in [5.74, 6) is -0.740. The SMILES string of the molecule is CCOC(=O)/C=C/c1ccc(F)c2cnccc12. The summed E-state index contributed by atoms with van der Waals surface area (Å²) in [6.07, 6.45) is 5.99. The van der Waals surface area contributed by atoms with Gasteiger partial charge in [-0.15, -0.1) is 0 Å². The van der Waals surface area contributed by atoms with Gasteiger partial charge in [-0.25, -0.2) is 9.18 Å². The number of hydrogen-bond donors (Lipinski definition) is 0. The van der Waals surface area contributed by atoms with Gasteiger partial charge in [0.15, 0.2) is 0 Å². The van der Waals surface area contributed by atoms with Crippen molar-refractivity contribution in [1.29, 1.82) is 0 Å². The quantitative estimate of drug-likeness (QED) is 0.616. The highest BCUT2D eigenvalue weighted by atomic mass is 19.1. The van der Waals surface area contributed by atoms with Crippen LogP contribution in [0, 0.1) is 5.82 Å². The highest BCUT2D eigenvalue weighted by Crippen LogP contribution is 2.21. The molecular formula is C14H12FNO2. The van der Waals surface area contributed by atoms with Gasteiger partial charge in [0, 0.05) is 23.9 Å². The molecule has 0 amide bonds. The van der Waals surface area contributed by atoms with Crippen molar-refractivity contribution in [2.75, 3.05) is 6.61 Å². The van der Waals surface area contributed by atoms with Crippen molar-refractivity contribution in [3.8, 4) is 0 Å². The van der Waals surface area contributed by atoms with Gasteiger partial charge >= 0.3 is 5.97 Å². The summed E-state index contributed by atoms with van der Waals surface area (Å²) in [6.45, 7) is 2.07. The molecule has 1 heterocycles. The number of carbonyl (C=O) groups is 1. The average Bonchev–Trinajstić information content (AvgIpc) is 2.39. The van der Waals surface area contributed by atoms with Crippen molar-refractivity contribution in [1.82, 2.24) is 4.98 Å². The van der Waals surface area contributed by atoms with Gasteiger partial charge in [0.2, 0.25) is 0 Å². The monoisotopic (exact) mass is 245 g/mol. The summed E-state index contributed by atoms with van der Waals surface area (Å²) in [5, 5.41) is 1.15. The number of ether oxygens (including phenoxy) is 1. The lowest BCUT2D eigenvalue weighted by Crippen LogP contribution is -1.98. The third kappa shape index (κ3) is 2.53. The van der Waals surface area contributed by atoms with Gasteiger partial charge < -0.3 is 4.74 Å². The molecule has 18 heavy (non-hydrogen) atoms. The third-order valence-electron chi connectivity index (χ3n) is 2.48. The number of nitrogens with zero attached hydrogens (tertiary/aromatic N) is 1. The normalized spacial score (nSPS) is 11.0. The topological polar surface area (TPSA) is 39.2 Å². The predicted octanol–water partition coefficient (Wildman–Crippen LogP) is 2.95. The van der Waals surface area contributed by atoms with E-state index in [1.807, 2.05) is 0 Å². The van der Waals surface area contributed by atoms with E-state index in [0.29, 0.717) is 17.4 Å². The molecule has 1 aromatic heterocycles. The standard InChI is InChI=1S/C14H12FNO2/c1-2-18-14(17)6-4-10-3-5-13(15)12-9-16-8-7-11(10)12/h3-9H,2H2,1H3/b6-4+. The fraction of sp³-hybridized carbons (Fsp3) is 0.143. The van der Waals surface area contributed by atoms with E-state index in [1.54, 1.807) is 31.3 Å². The molecule has 0 N–H and O–H groups in total. The summed E-state index contributed by atoms with van der Waals surface area (Å²) in [5.41, 5.74) is 0.752. The van der Waals surface area contributed by atoms with Crippen LogP contribution >= 0.6 is 0 Å². The molecule has 0 atom stereocenters. The van der Waals surface area contributed by atoms with Crippen molar-refractivity contribution in [3.05, 3.63) is 48.0 Å². The lowest BCUT2D eigenvalue weighted by Gasteiger charge is -2.02. The average molecular weight is 245 g/mol. The first-order valence-corrected chi connectivity index (χ1v) is 5.59. The number of hydrogen-bond acceptors (Lipinski definition) is 3. The Kier molecular flexibility index (Phi) is 3.67. The van der Waals surface area contributed by atoms with Crippen LogP contribution < -0.4 is 0 Å². The Morgan fingerprint density at radius 2 is 2.22 bits per heavy atom. The zero-order chi connectivity index (χ0) is 13.0. The minimum absolute atomic E-state index is 0.327. The molecule has 0 unspecified atom stereocenters. The van der Waals surface area contributed by atoms with Gasteiger partial charge in [-0.3, -0.25) is 4.98 Å². The maximum absolute atomic E-state index is 13.5. The molecule has 2 aromatic rings. The van der Waals surface area contributed by atoms with Crippen LogP contribution in [-0.2, 0) is 9.53 Å². The minimum atomic E-state index is -0.413. The molecule has 3 nitrogen and oxygen atoms in total. The zero-order valence-electron chi connectivity index (χ0n) is 9.89. The number of fused-ring (bicyclic) bond motifs is 1. The third-order valence-corrected chi connectivity index (χ3v) is 2.48. The van der Waals surface area contributed by atoms with Crippen LogP contribution in [0.3, 0.4) is 0 Å². The zero-order valence-corrected chi connectivity index (χ0v) is 9.89. The van der Waals surface area contributed by atoms with Gasteiger partial charge in [-0.1, -0.05) is 6.07 Å². The first-order chi connectivity index (χ1) is 8.72. The van der Waals surface area contributed by atoms with Crippen molar-refractivity contribution >= 4 is 22.8 Å². The summed E-state index contributed by atoms with van der Waals surface area (Å²) in [7, 11) is 0. The van der Waals surface area contributed by atoms with Crippen molar-refractivity contribution < 1.29 is 13.9 Å². The van der Waals surface area contributed by atoms with Gasteiger partial charge in [-0.2, -0.15) is 0 Å². The molecule has 0 spiro atoms. The molecule has 92 valence electrons. The molecule has 0 fully saturated rings. The summed E-state index contributed by atoms with van der Waals surface area (Å²) < 4.78 is 18.3. The molecule has 0 bridgehead atoms. The van der Waals surface area contributed by atoms with Gasteiger partial charge in [0.05, 0.1) is 6.61 Å². The summed E-state index contributed by atoms with van der Waals surface area (Å²) in [6, 6.07) is 4.69. The second-order valence-electron chi connectivity index (χ2n) is 3.64. The Balaban J connectivity index is 2.40. The number of carbonyl (C=O) groups excluding carboxylic acids is 1. The Hall–Kier alpha value is -2.23. The summed E-state index contributed by atoms with van der Waals surface area (Å²) >= 11 is 0. The largest absolute Gasteiger partial charge is 0.463 e. The van der Waals surface area contributed by atoms with Crippen LogP contribution in [0.25, 0.3) is 16.8 Å². The number of rotatable bonds is 3. The van der Waals surface area contributed by atoms with Gasteiger partial charge in [0.1, 0.15) is 5.82 Å². The molecule has 1 aromatic carbocycles. The van der Waals surface area contributed by atoms with Crippen LogP contribution in [0.1, 0.15) is 12.5 Å². The minimum Gasteiger partial charge on any atom is -0.463 e. The molecule has 4 heteroatoms. The Morgan fingerprint density at radius 1 is 1.39 bits per heavy atom. The maximum Gasteiger partial charge on any atom is 0.330 e. The lowest BCUT2D eigenvalue weighted by atomic mass is 10.1. The van der Waals surface area contributed by atoms with Crippen LogP contribution in [0.4, 0.5) is 4.39 Å². The van der Waals surface area contributed by atoms with E-state index in [4.69, 9.17) is 4.74 Å². The number of aromatic nitrogens is 1. The lowest BCUT2D eigenvalue weighted by molar-refractivity contribution is -0.137. The number of halogens is 1. The number of pyridine rings is 1. The first kappa shape index (κ1) is 12.2. The second kappa shape index (κ2) is 5.40. The Morgan fingerprint density at radius 3 is 3.00 bits per heavy atom. The summed E-state index contributed by atoms with van der Waals surface area (Å²) in [4.78, 5) is 15.1. The van der Waals surface area contributed by atoms with E-state index >= 15 is 0 Å². The second-order valence-corrected chi connectivity index (χ2v) is 3.64. The molecule has 0 radical (unpaired) electrons. The van der Waals surface area contributed by atoms with E-state index in [1.165, 1.54) is 18.3 Å². The Labute approximate surface area is 104 Å². The molecule has 2 rings (SSSR count). The van der Waals surface area contributed by atoms with Gasteiger partial charge in [-0.05, 0) is 36.1 Å². The maximum atomic E-state index is 13.5. The number of esters is 1. The fourth-order valence-electron chi connectivity index (χ4n) is 1.67. The highest BCUT2D eigenvalue weighted by Gasteiger charge is 2.04. The van der Waals surface area contributed by atoms with Crippen molar-refractivity contribution in [3.63, 3.8) is 0 Å². The fourth-order valence-corrected chi connectivity index (χ4v) is 1.67. The predicted molar refractivity (Wildman–Crippen MR) is 67.4 cm³/mol. The molecule has 0 saturated heterocycles. The number of benzene rings is 1. The highest BCUT2D eigenvalue weighted by molar-refractivity contribution is 5.94. The van der Waals surface area contributed by atoms with E-state index in [-0.39, 0.29) is 5.82 Å². The molecular weight excluding hydrogens is 233 g/mol. The smallest absolute Gasteiger partial charge is 0.330 e.